The largest absolute Gasteiger partial charge is 0.253 e. The van der Waals surface area contributed by atoms with Gasteiger partial charge in [-0.05, 0) is 24.6 Å². The minimum Gasteiger partial charge on any atom is -0.253 e. The van der Waals surface area contributed by atoms with E-state index < -0.39 is 6.67 Å². The van der Waals surface area contributed by atoms with Crippen molar-refractivity contribution >= 4 is 10.9 Å². The summed E-state index contributed by atoms with van der Waals surface area (Å²) in [6, 6.07) is 9.41. The first-order chi connectivity index (χ1) is 7.31. The van der Waals surface area contributed by atoms with Crippen LogP contribution in [0, 0.1) is 6.92 Å². The maximum Gasteiger partial charge on any atom is 0.115 e. The van der Waals surface area contributed by atoms with Crippen molar-refractivity contribution in [1.82, 2.24) is 4.98 Å². The van der Waals surface area contributed by atoms with Gasteiger partial charge in [0.05, 0.1) is 5.52 Å². The third-order valence-corrected chi connectivity index (χ3v) is 2.07. The molecule has 1 heterocycles. The second-order valence-electron chi connectivity index (χ2n) is 3.07. The summed E-state index contributed by atoms with van der Waals surface area (Å²) in [5, 5.41) is 0.913. The fourth-order valence-electron chi connectivity index (χ4n) is 1.51. The summed E-state index contributed by atoms with van der Waals surface area (Å²) >= 11 is 0. The quantitative estimate of drug-likeness (QED) is 0.684. The number of aromatic nitrogens is 1. The van der Waals surface area contributed by atoms with Crippen LogP contribution in [0.5, 0.6) is 0 Å². The predicted molar refractivity (Wildman–Crippen MR) is 62.6 cm³/mol. The van der Waals surface area contributed by atoms with E-state index in [0.29, 0.717) is 0 Å². The smallest absolute Gasteiger partial charge is 0.115 e. The Morgan fingerprint density at radius 2 is 1.87 bits per heavy atom. The molecule has 1 nitrogen and oxygen atoms in total. The third kappa shape index (κ3) is 2.52. The molecule has 0 fully saturated rings. The molecule has 0 unspecified atom stereocenters. The first kappa shape index (κ1) is 11.6. The minimum atomic E-state index is -0.427. The standard InChI is InChI=1S/C11H10FN.C2H6/c1-8-6-9(7-12)10-4-2-3-5-11(10)13-8;1-2/h2-6H,7H2,1H3;1-2H3. The Morgan fingerprint density at radius 1 is 1.20 bits per heavy atom. The van der Waals surface area contributed by atoms with Gasteiger partial charge in [-0.3, -0.25) is 4.98 Å². The van der Waals surface area contributed by atoms with E-state index in [4.69, 9.17) is 0 Å². The summed E-state index contributed by atoms with van der Waals surface area (Å²) in [4.78, 5) is 4.32. The molecule has 1 aromatic carbocycles. The zero-order valence-corrected chi connectivity index (χ0v) is 9.42. The highest BCUT2D eigenvalue weighted by Crippen LogP contribution is 2.18. The van der Waals surface area contributed by atoms with Crippen molar-refractivity contribution in [3.63, 3.8) is 0 Å². The Kier molecular flexibility index (Phi) is 4.22. The van der Waals surface area contributed by atoms with Crippen LogP contribution in [0.3, 0.4) is 0 Å². The van der Waals surface area contributed by atoms with Gasteiger partial charge in [0.15, 0.2) is 0 Å². The molecule has 0 aliphatic carbocycles. The molecular weight excluding hydrogens is 189 g/mol. The van der Waals surface area contributed by atoms with E-state index in [1.165, 1.54) is 0 Å². The average molecular weight is 205 g/mol. The Hall–Kier alpha value is -1.44. The van der Waals surface area contributed by atoms with E-state index in [1.54, 1.807) is 6.07 Å². The zero-order valence-electron chi connectivity index (χ0n) is 9.42. The van der Waals surface area contributed by atoms with Crippen molar-refractivity contribution < 1.29 is 4.39 Å². The van der Waals surface area contributed by atoms with Crippen LogP contribution in [0.2, 0.25) is 0 Å². The van der Waals surface area contributed by atoms with E-state index in [1.807, 2.05) is 45.0 Å². The third-order valence-electron chi connectivity index (χ3n) is 2.07. The predicted octanol–water partition coefficient (Wildman–Crippen LogP) is 4.04. The second-order valence-corrected chi connectivity index (χ2v) is 3.07. The highest BCUT2D eigenvalue weighted by Gasteiger charge is 2.01. The summed E-state index contributed by atoms with van der Waals surface area (Å²) in [6.07, 6.45) is 0. The Morgan fingerprint density at radius 3 is 2.53 bits per heavy atom. The SMILES string of the molecule is CC.Cc1cc(CF)c2ccccc2n1. The molecule has 0 amide bonds. The maximum atomic E-state index is 12.6. The van der Waals surface area contributed by atoms with Crippen LogP contribution in [-0.4, -0.2) is 4.98 Å². The molecule has 0 bridgehead atoms. The summed E-state index contributed by atoms with van der Waals surface area (Å²) in [7, 11) is 0. The van der Waals surface area contributed by atoms with Gasteiger partial charge in [0.1, 0.15) is 6.67 Å². The lowest BCUT2D eigenvalue weighted by Gasteiger charge is -2.03. The number of alkyl halides is 1. The topological polar surface area (TPSA) is 12.9 Å². The van der Waals surface area contributed by atoms with Crippen LogP contribution in [0.4, 0.5) is 4.39 Å². The van der Waals surface area contributed by atoms with Crippen molar-refractivity contribution in [2.24, 2.45) is 0 Å². The van der Waals surface area contributed by atoms with Gasteiger partial charge in [0.25, 0.3) is 0 Å². The average Bonchev–Trinajstić information content (AvgIpc) is 2.30. The number of para-hydroxylation sites is 1. The Labute approximate surface area is 90.0 Å². The molecule has 0 saturated heterocycles. The van der Waals surface area contributed by atoms with Crippen LogP contribution in [0.1, 0.15) is 25.1 Å². The molecule has 0 atom stereocenters. The van der Waals surface area contributed by atoms with Gasteiger partial charge in [0, 0.05) is 11.1 Å². The molecule has 2 heteroatoms. The van der Waals surface area contributed by atoms with Gasteiger partial charge < -0.3 is 0 Å². The second kappa shape index (κ2) is 5.44. The van der Waals surface area contributed by atoms with E-state index >= 15 is 0 Å². The fourth-order valence-corrected chi connectivity index (χ4v) is 1.51. The van der Waals surface area contributed by atoms with Crippen molar-refractivity contribution in [2.45, 2.75) is 27.4 Å². The molecule has 0 aliphatic heterocycles. The number of aryl methyl sites for hydroxylation is 1. The number of pyridine rings is 1. The van der Waals surface area contributed by atoms with Crippen molar-refractivity contribution in [3.05, 3.63) is 41.6 Å². The van der Waals surface area contributed by atoms with E-state index in [0.717, 1.165) is 22.2 Å². The molecule has 1 aromatic heterocycles. The number of nitrogens with zero attached hydrogens (tertiary/aromatic N) is 1. The van der Waals surface area contributed by atoms with Crippen LogP contribution in [0.15, 0.2) is 30.3 Å². The molecule has 2 aromatic rings. The number of hydrogen-bond donors (Lipinski definition) is 0. The lowest BCUT2D eigenvalue weighted by Crippen LogP contribution is -1.89. The number of halogens is 1. The Balaban J connectivity index is 0.000000531. The first-order valence-electron chi connectivity index (χ1n) is 5.22. The minimum absolute atomic E-state index is 0.427. The number of benzene rings is 1. The molecule has 0 aliphatic rings. The van der Waals surface area contributed by atoms with E-state index in [-0.39, 0.29) is 0 Å². The van der Waals surface area contributed by atoms with Crippen molar-refractivity contribution in [2.75, 3.05) is 0 Å². The van der Waals surface area contributed by atoms with Crippen LogP contribution < -0.4 is 0 Å². The molecule has 0 N–H and O–H groups in total. The number of fused-ring (bicyclic) bond motifs is 1. The highest BCUT2D eigenvalue weighted by molar-refractivity contribution is 5.82. The lowest BCUT2D eigenvalue weighted by molar-refractivity contribution is 0.487. The molecule has 0 saturated carbocycles. The number of hydrogen-bond acceptors (Lipinski definition) is 1. The van der Waals surface area contributed by atoms with Crippen molar-refractivity contribution in [1.29, 1.82) is 0 Å². The zero-order chi connectivity index (χ0) is 11.3. The molecular formula is C13H16FN. The van der Waals surface area contributed by atoms with Crippen molar-refractivity contribution in [3.8, 4) is 0 Å². The normalized spacial score (nSPS) is 9.60. The fraction of sp³-hybridized carbons (Fsp3) is 0.308. The van der Waals surface area contributed by atoms with E-state index in [9.17, 15) is 4.39 Å². The van der Waals surface area contributed by atoms with Gasteiger partial charge >= 0.3 is 0 Å². The van der Waals surface area contributed by atoms with Gasteiger partial charge in [0.2, 0.25) is 0 Å². The highest BCUT2D eigenvalue weighted by atomic mass is 19.1. The summed E-state index contributed by atoms with van der Waals surface area (Å²) in [6.45, 7) is 5.45. The van der Waals surface area contributed by atoms with E-state index in [2.05, 4.69) is 4.98 Å². The monoisotopic (exact) mass is 205 g/mol. The summed E-state index contributed by atoms with van der Waals surface area (Å²) in [5.74, 6) is 0. The molecule has 80 valence electrons. The molecule has 15 heavy (non-hydrogen) atoms. The molecule has 0 spiro atoms. The maximum absolute atomic E-state index is 12.6. The first-order valence-corrected chi connectivity index (χ1v) is 5.22. The van der Waals surface area contributed by atoms with Gasteiger partial charge in [-0.15, -0.1) is 0 Å². The van der Waals surface area contributed by atoms with Gasteiger partial charge in [-0.1, -0.05) is 32.0 Å². The van der Waals surface area contributed by atoms with Crippen LogP contribution >= 0.6 is 0 Å². The lowest BCUT2D eigenvalue weighted by atomic mass is 10.1. The van der Waals surface area contributed by atoms with Crippen LogP contribution in [0.25, 0.3) is 10.9 Å². The van der Waals surface area contributed by atoms with Gasteiger partial charge in [-0.2, -0.15) is 0 Å². The Bertz CT molecular complexity index is 437. The summed E-state index contributed by atoms with van der Waals surface area (Å²) < 4.78 is 12.6. The summed E-state index contributed by atoms with van der Waals surface area (Å²) in [5.41, 5.74) is 2.46. The molecule has 2 rings (SSSR count). The van der Waals surface area contributed by atoms with Crippen LogP contribution in [-0.2, 0) is 6.67 Å². The number of rotatable bonds is 1. The van der Waals surface area contributed by atoms with Gasteiger partial charge in [-0.25, -0.2) is 4.39 Å². The molecule has 0 radical (unpaired) electrons.